The smallest absolute Gasteiger partial charge is 0.316 e. The van der Waals surface area contributed by atoms with Crippen LogP contribution in [0, 0.1) is 10.1 Å². The van der Waals surface area contributed by atoms with Crippen molar-refractivity contribution >= 4 is 5.69 Å². The van der Waals surface area contributed by atoms with Crippen molar-refractivity contribution in [2.24, 2.45) is 5.73 Å². The Kier molecular flexibility index (Phi) is 2.60. The van der Waals surface area contributed by atoms with E-state index in [9.17, 15) is 32.1 Å². The Morgan fingerprint density at radius 2 is 1.79 bits per heavy atom. The normalized spacial score (nSPS) is 25.2. The van der Waals surface area contributed by atoms with Gasteiger partial charge in [0, 0.05) is 18.6 Å². The summed E-state index contributed by atoms with van der Waals surface area (Å²) in [5.41, 5.74) is 0.148. The fourth-order valence-corrected chi connectivity index (χ4v) is 1.76. The van der Waals surface area contributed by atoms with Gasteiger partial charge < -0.3 is 5.73 Å². The number of hydrogen-bond donors (Lipinski definition) is 1. The van der Waals surface area contributed by atoms with Crippen LogP contribution in [0.1, 0.15) is 17.5 Å². The zero-order chi connectivity index (χ0) is 14.6. The molecule has 0 aliphatic heterocycles. The molecule has 0 aromatic heterocycles. The van der Waals surface area contributed by atoms with Gasteiger partial charge in [0.1, 0.15) is 5.54 Å². The molecule has 1 atom stereocenters. The lowest BCUT2D eigenvalue weighted by Crippen LogP contribution is -2.27. The molecule has 1 aromatic rings. The third-order valence-corrected chi connectivity index (χ3v) is 3.00. The molecule has 1 unspecified atom stereocenters. The average molecular weight is 282 g/mol. The summed E-state index contributed by atoms with van der Waals surface area (Å²) in [5, 5.41) is 10.6. The Morgan fingerprint density at radius 1 is 1.26 bits per heavy atom. The monoisotopic (exact) mass is 282 g/mol. The average Bonchev–Trinajstić information content (AvgIpc) is 2.77. The summed E-state index contributed by atoms with van der Waals surface area (Å²) in [7, 11) is 0. The zero-order valence-electron chi connectivity index (χ0n) is 9.17. The van der Waals surface area contributed by atoms with Crippen LogP contribution < -0.4 is 5.73 Å². The Balaban J connectivity index is 2.57. The lowest BCUT2D eigenvalue weighted by atomic mass is 10.0. The van der Waals surface area contributed by atoms with Gasteiger partial charge in [0.15, 0.2) is 0 Å². The Morgan fingerprint density at radius 3 is 2.16 bits per heavy atom. The molecule has 0 radical (unpaired) electrons. The quantitative estimate of drug-likeness (QED) is 0.515. The summed E-state index contributed by atoms with van der Waals surface area (Å²) >= 11 is 0. The minimum Gasteiger partial charge on any atom is -0.316 e. The van der Waals surface area contributed by atoms with Gasteiger partial charge in [-0.25, -0.2) is 8.78 Å². The number of nitrogens with zero attached hydrogens (tertiary/aromatic N) is 1. The number of nitrogens with two attached hydrogens (primary N) is 1. The third-order valence-electron chi connectivity index (χ3n) is 3.00. The highest BCUT2D eigenvalue weighted by Gasteiger charge is 2.70. The number of halogens is 5. The van der Waals surface area contributed by atoms with Crippen LogP contribution in [0.5, 0.6) is 0 Å². The molecule has 0 heterocycles. The van der Waals surface area contributed by atoms with Crippen molar-refractivity contribution in [2.75, 3.05) is 0 Å². The minimum absolute atomic E-state index is 0.285. The van der Waals surface area contributed by atoms with E-state index in [2.05, 4.69) is 0 Å². The molecule has 1 aromatic carbocycles. The first-order valence-electron chi connectivity index (χ1n) is 5.01. The number of non-ortho nitro benzene ring substituents is 1. The summed E-state index contributed by atoms with van der Waals surface area (Å²) in [5.74, 6) is -3.36. The van der Waals surface area contributed by atoms with Gasteiger partial charge >= 0.3 is 6.18 Å². The molecule has 1 fully saturated rings. The molecule has 2 N–H and O–H groups in total. The Bertz CT molecular complexity index is 557. The van der Waals surface area contributed by atoms with E-state index in [1.54, 1.807) is 0 Å². The van der Waals surface area contributed by atoms with Crippen LogP contribution in [-0.4, -0.2) is 10.8 Å². The fraction of sp³-hybridized carbons (Fsp3) is 0.400. The standard InChI is InChI=1S/C10H7F5N2O2/c11-9(12)4-8(9,16)5-1-6(10(13,14)15)3-7(2-5)17(18)19/h1-3H,4,16H2. The lowest BCUT2D eigenvalue weighted by Gasteiger charge is -2.14. The molecule has 1 aliphatic carbocycles. The molecule has 0 spiro atoms. The van der Waals surface area contributed by atoms with Crippen LogP contribution in [0.25, 0.3) is 0 Å². The zero-order valence-corrected chi connectivity index (χ0v) is 9.17. The number of benzene rings is 1. The van der Waals surface area contributed by atoms with Crippen LogP contribution in [0.3, 0.4) is 0 Å². The van der Waals surface area contributed by atoms with E-state index >= 15 is 0 Å². The predicted octanol–water partition coefficient (Wildman–Crippen LogP) is 2.81. The molecule has 0 bridgehead atoms. The van der Waals surface area contributed by atoms with Crippen molar-refractivity contribution in [3.05, 3.63) is 39.4 Å². The molecule has 19 heavy (non-hydrogen) atoms. The van der Waals surface area contributed by atoms with Gasteiger partial charge in [-0.15, -0.1) is 0 Å². The third kappa shape index (κ3) is 2.14. The summed E-state index contributed by atoms with van der Waals surface area (Å²) in [4.78, 5) is 9.47. The summed E-state index contributed by atoms with van der Waals surface area (Å²) in [6.45, 7) is 0. The second-order valence-electron chi connectivity index (χ2n) is 4.38. The highest BCUT2D eigenvalue weighted by Crippen LogP contribution is 2.58. The fourth-order valence-electron chi connectivity index (χ4n) is 1.76. The second-order valence-corrected chi connectivity index (χ2v) is 4.38. The first-order valence-corrected chi connectivity index (χ1v) is 5.01. The first kappa shape index (κ1) is 13.7. The van der Waals surface area contributed by atoms with Crippen molar-refractivity contribution < 1.29 is 26.9 Å². The van der Waals surface area contributed by atoms with E-state index < -0.39 is 45.8 Å². The van der Waals surface area contributed by atoms with Crippen molar-refractivity contribution in [2.45, 2.75) is 24.1 Å². The van der Waals surface area contributed by atoms with Gasteiger partial charge in [-0.3, -0.25) is 10.1 Å². The number of nitro benzene ring substituents is 1. The maximum absolute atomic E-state index is 13.1. The van der Waals surface area contributed by atoms with E-state index in [4.69, 9.17) is 5.73 Å². The maximum Gasteiger partial charge on any atom is 0.416 e. The van der Waals surface area contributed by atoms with Gasteiger partial charge in [0.05, 0.1) is 10.5 Å². The lowest BCUT2D eigenvalue weighted by molar-refractivity contribution is -0.385. The van der Waals surface area contributed by atoms with Gasteiger partial charge in [0.2, 0.25) is 0 Å². The largest absolute Gasteiger partial charge is 0.416 e. The summed E-state index contributed by atoms with van der Waals surface area (Å²) < 4.78 is 63.8. The van der Waals surface area contributed by atoms with Crippen LogP contribution in [0.15, 0.2) is 18.2 Å². The molecule has 2 rings (SSSR count). The van der Waals surface area contributed by atoms with E-state index in [-0.39, 0.29) is 6.07 Å². The highest BCUT2D eigenvalue weighted by atomic mass is 19.4. The van der Waals surface area contributed by atoms with Crippen molar-refractivity contribution in [3.8, 4) is 0 Å². The maximum atomic E-state index is 13.1. The summed E-state index contributed by atoms with van der Waals surface area (Å²) in [6, 6.07) is 1.36. The Hall–Kier alpha value is -1.77. The van der Waals surface area contributed by atoms with E-state index in [1.807, 2.05) is 0 Å². The SMILES string of the molecule is NC1(c2cc([N+](=O)[O-])cc(C(F)(F)F)c2)CC1(F)F. The molecule has 0 amide bonds. The van der Waals surface area contributed by atoms with Crippen LogP contribution in [0.2, 0.25) is 0 Å². The molecule has 9 heteroatoms. The van der Waals surface area contributed by atoms with E-state index in [1.165, 1.54) is 0 Å². The Labute approximate surface area is 103 Å². The molecule has 1 saturated carbocycles. The van der Waals surface area contributed by atoms with Gasteiger partial charge in [-0.1, -0.05) is 0 Å². The van der Waals surface area contributed by atoms with Crippen molar-refractivity contribution in [1.82, 2.24) is 0 Å². The number of nitro groups is 1. The van der Waals surface area contributed by atoms with E-state index in [0.717, 1.165) is 0 Å². The molecule has 104 valence electrons. The van der Waals surface area contributed by atoms with Crippen LogP contribution >= 0.6 is 0 Å². The van der Waals surface area contributed by atoms with Gasteiger partial charge in [-0.2, -0.15) is 13.2 Å². The van der Waals surface area contributed by atoms with Crippen molar-refractivity contribution in [3.63, 3.8) is 0 Å². The minimum atomic E-state index is -4.87. The van der Waals surface area contributed by atoms with Crippen LogP contribution in [-0.2, 0) is 11.7 Å². The number of rotatable bonds is 2. The van der Waals surface area contributed by atoms with Gasteiger partial charge in [-0.05, 0) is 11.6 Å². The first-order chi connectivity index (χ1) is 8.47. The number of hydrogen-bond acceptors (Lipinski definition) is 3. The highest BCUT2D eigenvalue weighted by molar-refractivity contribution is 5.47. The van der Waals surface area contributed by atoms with Crippen LogP contribution in [0.4, 0.5) is 27.6 Å². The van der Waals surface area contributed by atoms with Crippen molar-refractivity contribution in [1.29, 1.82) is 0 Å². The van der Waals surface area contributed by atoms with E-state index in [0.29, 0.717) is 12.1 Å². The van der Waals surface area contributed by atoms with Gasteiger partial charge in [0.25, 0.3) is 11.6 Å². The topological polar surface area (TPSA) is 69.2 Å². The molecule has 0 saturated heterocycles. The predicted molar refractivity (Wildman–Crippen MR) is 53.5 cm³/mol. The molecular formula is C10H7F5N2O2. The number of alkyl halides is 5. The second kappa shape index (κ2) is 3.62. The molecular weight excluding hydrogens is 275 g/mol. The summed E-state index contributed by atoms with van der Waals surface area (Å²) in [6.07, 6.45) is -5.71. The molecule has 1 aliphatic rings. The molecule has 4 nitrogen and oxygen atoms in total.